The molecule has 0 saturated carbocycles. The van der Waals surface area contributed by atoms with Gasteiger partial charge in [-0.05, 0) is 25.5 Å². The smallest absolute Gasteiger partial charge is 0.254 e. The third-order valence-corrected chi connectivity index (χ3v) is 2.32. The Morgan fingerprint density at radius 2 is 2.12 bits per heavy atom. The van der Waals surface area contributed by atoms with Crippen molar-refractivity contribution in [3.8, 4) is 0 Å². The van der Waals surface area contributed by atoms with E-state index in [-0.39, 0.29) is 12.0 Å². The van der Waals surface area contributed by atoms with Gasteiger partial charge in [-0.2, -0.15) is 0 Å². The molecule has 0 spiro atoms. The summed E-state index contributed by atoms with van der Waals surface area (Å²) in [7, 11) is 0. The van der Waals surface area contributed by atoms with Gasteiger partial charge in [0.25, 0.3) is 5.91 Å². The lowest BCUT2D eigenvalue weighted by atomic mass is 10.1. The molecule has 0 aliphatic rings. The van der Waals surface area contributed by atoms with Crippen LogP contribution in [0.5, 0.6) is 0 Å². The van der Waals surface area contributed by atoms with E-state index >= 15 is 0 Å². The van der Waals surface area contributed by atoms with Crippen LogP contribution in [-0.2, 0) is 4.79 Å². The van der Waals surface area contributed by atoms with Gasteiger partial charge >= 0.3 is 0 Å². The van der Waals surface area contributed by atoms with Crippen LogP contribution in [0.2, 0.25) is 0 Å². The summed E-state index contributed by atoms with van der Waals surface area (Å²) in [6, 6.07) is 4.17. The maximum absolute atomic E-state index is 13.6. The van der Waals surface area contributed by atoms with Gasteiger partial charge in [0.15, 0.2) is 0 Å². The zero-order chi connectivity index (χ0) is 13.0. The van der Waals surface area contributed by atoms with Crippen LogP contribution < -0.4 is 11.1 Å². The number of amides is 2. The first kappa shape index (κ1) is 13.2. The summed E-state index contributed by atoms with van der Waals surface area (Å²) in [6.45, 7) is 3.22. The number of hydrogen-bond acceptors (Lipinski definition) is 2. The number of benzene rings is 1. The maximum Gasteiger partial charge on any atom is 0.254 e. The third kappa shape index (κ3) is 3.55. The van der Waals surface area contributed by atoms with Gasteiger partial charge < -0.3 is 11.1 Å². The molecule has 1 rings (SSSR count). The van der Waals surface area contributed by atoms with Gasteiger partial charge in [0.1, 0.15) is 5.82 Å². The molecule has 5 heteroatoms. The first-order valence-electron chi connectivity index (χ1n) is 5.26. The third-order valence-electron chi connectivity index (χ3n) is 2.32. The van der Waals surface area contributed by atoms with E-state index in [9.17, 15) is 14.0 Å². The highest BCUT2D eigenvalue weighted by Gasteiger charge is 2.15. The van der Waals surface area contributed by atoms with E-state index in [0.717, 1.165) is 0 Å². The topological polar surface area (TPSA) is 72.2 Å². The van der Waals surface area contributed by atoms with Crippen molar-refractivity contribution < 1.29 is 14.0 Å². The van der Waals surface area contributed by atoms with Crippen molar-refractivity contribution in [3.05, 3.63) is 35.1 Å². The van der Waals surface area contributed by atoms with Crippen LogP contribution in [-0.4, -0.2) is 17.9 Å². The van der Waals surface area contributed by atoms with Crippen molar-refractivity contribution in [2.75, 3.05) is 0 Å². The summed E-state index contributed by atoms with van der Waals surface area (Å²) < 4.78 is 13.6. The summed E-state index contributed by atoms with van der Waals surface area (Å²) in [5, 5.41) is 2.52. The number of hydrogen-bond donors (Lipinski definition) is 2. The lowest BCUT2D eigenvalue weighted by Gasteiger charge is -2.12. The highest BCUT2D eigenvalue weighted by atomic mass is 19.1. The fourth-order valence-corrected chi connectivity index (χ4v) is 1.48. The molecule has 0 radical (unpaired) electrons. The number of nitrogens with two attached hydrogens (primary N) is 1. The second-order valence-corrected chi connectivity index (χ2v) is 3.98. The second-order valence-electron chi connectivity index (χ2n) is 3.98. The Labute approximate surface area is 99.0 Å². The lowest BCUT2D eigenvalue weighted by molar-refractivity contribution is -0.118. The van der Waals surface area contributed by atoms with Crippen molar-refractivity contribution in [2.24, 2.45) is 5.73 Å². The predicted octanol–water partition coefficient (Wildman–Crippen LogP) is 1.13. The number of primary amides is 1. The quantitative estimate of drug-likeness (QED) is 0.825. The van der Waals surface area contributed by atoms with Crippen molar-refractivity contribution >= 4 is 11.8 Å². The molecular formula is C12H15FN2O2. The van der Waals surface area contributed by atoms with E-state index < -0.39 is 23.7 Å². The molecule has 1 atom stereocenters. The first-order chi connectivity index (χ1) is 7.91. The van der Waals surface area contributed by atoms with Crippen LogP contribution in [0, 0.1) is 12.7 Å². The summed E-state index contributed by atoms with van der Waals surface area (Å²) in [5.74, 6) is -1.60. The summed E-state index contributed by atoms with van der Waals surface area (Å²) in [5.41, 5.74) is 5.37. The van der Waals surface area contributed by atoms with Crippen molar-refractivity contribution in [2.45, 2.75) is 26.3 Å². The van der Waals surface area contributed by atoms with Crippen molar-refractivity contribution in [1.29, 1.82) is 0 Å². The molecule has 0 aromatic heterocycles. The van der Waals surface area contributed by atoms with Crippen LogP contribution in [0.3, 0.4) is 0 Å². The number of aryl methyl sites for hydroxylation is 1. The molecule has 0 bridgehead atoms. The Balaban J connectivity index is 2.77. The maximum atomic E-state index is 13.6. The van der Waals surface area contributed by atoms with Crippen LogP contribution in [0.15, 0.2) is 18.2 Å². The molecule has 0 aliphatic heterocycles. The normalized spacial score (nSPS) is 11.9. The van der Waals surface area contributed by atoms with E-state index in [2.05, 4.69) is 5.32 Å². The highest BCUT2D eigenvalue weighted by molar-refractivity contribution is 5.95. The van der Waals surface area contributed by atoms with Gasteiger partial charge in [0.2, 0.25) is 5.91 Å². The van der Waals surface area contributed by atoms with Crippen molar-refractivity contribution in [1.82, 2.24) is 5.32 Å². The summed E-state index contributed by atoms with van der Waals surface area (Å²) in [6.07, 6.45) is 0.0270. The SMILES string of the molecule is Cc1cccc(C(=O)NC(C)CC(N)=O)c1F. The molecule has 0 aliphatic carbocycles. The molecule has 1 aromatic carbocycles. The molecule has 1 aromatic rings. The van der Waals surface area contributed by atoms with Crippen LogP contribution in [0.25, 0.3) is 0 Å². The van der Waals surface area contributed by atoms with Crippen LogP contribution in [0.1, 0.15) is 29.3 Å². The van der Waals surface area contributed by atoms with E-state index in [1.807, 2.05) is 0 Å². The van der Waals surface area contributed by atoms with Crippen LogP contribution in [0.4, 0.5) is 4.39 Å². The minimum absolute atomic E-state index is 0.0266. The first-order valence-corrected chi connectivity index (χ1v) is 5.26. The van der Waals surface area contributed by atoms with Gasteiger partial charge in [-0.1, -0.05) is 12.1 Å². The van der Waals surface area contributed by atoms with Crippen molar-refractivity contribution in [3.63, 3.8) is 0 Å². The zero-order valence-electron chi connectivity index (χ0n) is 9.79. The standard InChI is InChI=1S/C12H15FN2O2/c1-7-4-3-5-9(11(7)13)12(17)15-8(2)6-10(14)16/h3-5,8H,6H2,1-2H3,(H2,14,16)(H,15,17). The molecule has 92 valence electrons. The minimum Gasteiger partial charge on any atom is -0.370 e. The average Bonchev–Trinajstić information content (AvgIpc) is 2.20. The molecule has 17 heavy (non-hydrogen) atoms. The van der Waals surface area contributed by atoms with E-state index in [4.69, 9.17) is 5.73 Å². The average molecular weight is 238 g/mol. The number of carbonyl (C=O) groups excluding carboxylic acids is 2. The summed E-state index contributed by atoms with van der Waals surface area (Å²) >= 11 is 0. The Hall–Kier alpha value is -1.91. The predicted molar refractivity (Wildman–Crippen MR) is 61.9 cm³/mol. The van der Waals surface area contributed by atoms with E-state index in [1.165, 1.54) is 6.07 Å². The molecule has 0 heterocycles. The van der Waals surface area contributed by atoms with E-state index in [0.29, 0.717) is 5.56 Å². The minimum atomic E-state index is -0.545. The Morgan fingerprint density at radius 3 is 2.71 bits per heavy atom. The number of halogens is 1. The molecule has 2 amide bonds. The van der Waals surface area contributed by atoms with Gasteiger partial charge in [-0.15, -0.1) is 0 Å². The Bertz CT molecular complexity index is 446. The Kier molecular flexibility index (Phi) is 4.20. The highest BCUT2D eigenvalue weighted by Crippen LogP contribution is 2.11. The fourth-order valence-electron chi connectivity index (χ4n) is 1.48. The number of nitrogens with one attached hydrogen (secondary N) is 1. The molecule has 4 nitrogen and oxygen atoms in total. The Morgan fingerprint density at radius 1 is 1.47 bits per heavy atom. The molecule has 1 unspecified atom stereocenters. The van der Waals surface area contributed by atoms with Gasteiger partial charge in [0, 0.05) is 12.5 Å². The zero-order valence-corrected chi connectivity index (χ0v) is 9.79. The summed E-state index contributed by atoms with van der Waals surface area (Å²) in [4.78, 5) is 22.4. The lowest BCUT2D eigenvalue weighted by Crippen LogP contribution is -2.36. The largest absolute Gasteiger partial charge is 0.370 e. The van der Waals surface area contributed by atoms with Gasteiger partial charge in [-0.25, -0.2) is 4.39 Å². The van der Waals surface area contributed by atoms with Crippen LogP contribution >= 0.6 is 0 Å². The molecular weight excluding hydrogens is 223 g/mol. The monoisotopic (exact) mass is 238 g/mol. The number of rotatable bonds is 4. The second kappa shape index (κ2) is 5.43. The fraction of sp³-hybridized carbons (Fsp3) is 0.333. The van der Waals surface area contributed by atoms with E-state index in [1.54, 1.807) is 26.0 Å². The van der Waals surface area contributed by atoms with Gasteiger partial charge in [-0.3, -0.25) is 9.59 Å². The van der Waals surface area contributed by atoms with Gasteiger partial charge in [0.05, 0.1) is 5.56 Å². The molecule has 0 fully saturated rings. The molecule has 3 N–H and O–H groups in total. The number of carbonyl (C=O) groups is 2. The molecule has 0 saturated heterocycles.